The number of hydrogen-bond donors (Lipinski definition) is 1. The van der Waals surface area contributed by atoms with Crippen LogP contribution in [-0.4, -0.2) is 6.04 Å². The molecule has 88 valence electrons. The summed E-state index contributed by atoms with van der Waals surface area (Å²) in [6.07, 6.45) is 5.50. The van der Waals surface area contributed by atoms with Crippen LogP contribution >= 0.6 is 0 Å². The Morgan fingerprint density at radius 2 is 1.81 bits per heavy atom. The van der Waals surface area contributed by atoms with Gasteiger partial charge in [0.2, 0.25) is 0 Å². The molecule has 0 heterocycles. The van der Waals surface area contributed by atoms with E-state index in [9.17, 15) is 0 Å². The minimum absolute atomic E-state index is 0.746. The highest BCUT2D eigenvalue weighted by molar-refractivity contribution is 5.25. The molecule has 1 fully saturated rings. The molecule has 1 heteroatoms. The minimum atomic E-state index is 0.746. The van der Waals surface area contributed by atoms with E-state index in [1.54, 1.807) is 0 Å². The molecule has 1 nitrogen and oxygen atoms in total. The summed E-state index contributed by atoms with van der Waals surface area (Å²) in [5.74, 6) is 0.941. The quantitative estimate of drug-likeness (QED) is 0.814. The van der Waals surface area contributed by atoms with Crippen LogP contribution in [0.4, 0.5) is 0 Å². The van der Waals surface area contributed by atoms with Crippen LogP contribution in [0.2, 0.25) is 0 Å². The van der Waals surface area contributed by atoms with Gasteiger partial charge in [-0.15, -0.1) is 0 Å². The lowest BCUT2D eigenvalue weighted by Gasteiger charge is -2.27. The SMILES string of the molecule is Cc1ccccc1CNC1CCC(C)CC1. The van der Waals surface area contributed by atoms with Crippen LogP contribution < -0.4 is 5.32 Å². The van der Waals surface area contributed by atoms with Gasteiger partial charge in [0.15, 0.2) is 0 Å². The van der Waals surface area contributed by atoms with E-state index in [1.807, 2.05) is 0 Å². The average Bonchev–Trinajstić information content (AvgIpc) is 2.30. The summed E-state index contributed by atoms with van der Waals surface area (Å²) in [6.45, 7) is 5.60. The van der Waals surface area contributed by atoms with E-state index in [-0.39, 0.29) is 0 Å². The lowest BCUT2D eigenvalue weighted by molar-refractivity contribution is 0.306. The summed E-state index contributed by atoms with van der Waals surface area (Å²) in [5.41, 5.74) is 2.85. The van der Waals surface area contributed by atoms with Gasteiger partial charge < -0.3 is 5.32 Å². The van der Waals surface area contributed by atoms with E-state index in [1.165, 1.54) is 36.8 Å². The van der Waals surface area contributed by atoms with Crippen molar-refractivity contribution in [2.24, 2.45) is 5.92 Å². The molecule has 0 saturated heterocycles. The predicted molar refractivity (Wildman–Crippen MR) is 69.4 cm³/mol. The first-order valence-corrected chi connectivity index (χ1v) is 6.53. The molecule has 0 unspecified atom stereocenters. The number of hydrogen-bond acceptors (Lipinski definition) is 1. The van der Waals surface area contributed by atoms with Gasteiger partial charge in [-0.2, -0.15) is 0 Å². The van der Waals surface area contributed by atoms with E-state index in [0.717, 1.165) is 18.5 Å². The summed E-state index contributed by atoms with van der Waals surface area (Å²) < 4.78 is 0. The monoisotopic (exact) mass is 217 g/mol. The third-order valence-corrected chi connectivity index (χ3v) is 3.86. The van der Waals surface area contributed by atoms with Crippen LogP contribution in [0.15, 0.2) is 24.3 Å². The summed E-state index contributed by atoms with van der Waals surface area (Å²) >= 11 is 0. The zero-order valence-electron chi connectivity index (χ0n) is 10.5. The van der Waals surface area contributed by atoms with E-state index >= 15 is 0 Å². The van der Waals surface area contributed by atoms with Gasteiger partial charge >= 0.3 is 0 Å². The first-order valence-electron chi connectivity index (χ1n) is 6.53. The van der Waals surface area contributed by atoms with E-state index in [0.29, 0.717) is 0 Å². The molecule has 0 radical (unpaired) electrons. The van der Waals surface area contributed by atoms with Gasteiger partial charge in [0, 0.05) is 12.6 Å². The Balaban J connectivity index is 1.81. The van der Waals surface area contributed by atoms with Crippen LogP contribution in [0.3, 0.4) is 0 Å². The van der Waals surface area contributed by atoms with Gasteiger partial charge in [-0.3, -0.25) is 0 Å². The lowest BCUT2D eigenvalue weighted by Crippen LogP contribution is -2.32. The van der Waals surface area contributed by atoms with Gasteiger partial charge in [0.25, 0.3) is 0 Å². The zero-order chi connectivity index (χ0) is 11.4. The third-order valence-electron chi connectivity index (χ3n) is 3.86. The smallest absolute Gasteiger partial charge is 0.0210 e. The molecule has 1 aliphatic rings. The summed E-state index contributed by atoms with van der Waals surface area (Å²) in [6, 6.07) is 9.41. The predicted octanol–water partition coefficient (Wildman–Crippen LogP) is 3.66. The normalized spacial score (nSPS) is 25.6. The topological polar surface area (TPSA) is 12.0 Å². The average molecular weight is 217 g/mol. The highest BCUT2D eigenvalue weighted by Crippen LogP contribution is 2.23. The highest BCUT2D eigenvalue weighted by Gasteiger charge is 2.17. The van der Waals surface area contributed by atoms with Crippen molar-refractivity contribution in [3.8, 4) is 0 Å². The summed E-state index contributed by atoms with van der Waals surface area (Å²) in [7, 11) is 0. The van der Waals surface area contributed by atoms with Gasteiger partial charge in [-0.1, -0.05) is 31.2 Å². The third kappa shape index (κ3) is 3.08. The molecule has 0 atom stereocenters. The fraction of sp³-hybridized carbons (Fsp3) is 0.600. The maximum absolute atomic E-state index is 3.70. The van der Waals surface area contributed by atoms with Crippen molar-refractivity contribution >= 4 is 0 Å². The van der Waals surface area contributed by atoms with E-state index in [4.69, 9.17) is 0 Å². The Labute approximate surface area is 99.3 Å². The number of aryl methyl sites for hydroxylation is 1. The van der Waals surface area contributed by atoms with Gasteiger partial charge in [-0.05, 0) is 49.7 Å². The molecule has 0 bridgehead atoms. The Bertz CT molecular complexity index is 324. The second-order valence-electron chi connectivity index (χ2n) is 5.26. The first kappa shape index (κ1) is 11.7. The molecule has 16 heavy (non-hydrogen) atoms. The molecular weight excluding hydrogens is 194 g/mol. The number of nitrogens with one attached hydrogen (secondary N) is 1. The first-order chi connectivity index (χ1) is 7.75. The number of rotatable bonds is 3. The van der Waals surface area contributed by atoms with Crippen molar-refractivity contribution in [2.75, 3.05) is 0 Å². The van der Waals surface area contributed by atoms with E-state index < -0.39 is 0 Å². The van der Waals surface area contributed by atoms with Crippen molar-refractivity contribution in [3.05, 3.63) is 35.4 Å². The molecule has 0 spiro atoms. The van der Waals surface area contributed by atoms with Crippen LogP contribution in [0.5, 0.6) is 0 Å². The second kappa shape index (κ2) is 5.49. The largest absolute Gasteiger partial charge is 0.310 e. The molecular formula is C15H23N. The Hall–Kier alpha value is -0.820. The fourth-order valence-electron chi connectivity index (χ4n) is 2.53. The second-order valence-corrected chi connectivity index (χ2v) is 5.26. The molecule has 1 N–H and O–H groups in total. The van der Waals surface area contributed by atoms with Crippen molar-refractivity contribution in [1.82, 2.24) is 5.32 Å². The molecule has 1 saturated carbocycles. The van der Waals surface area contributed by atoms with Crippen molar-refractivity contribution in [1.29, 1.82) is 0 Å². The van der Waals surface area contributed by atoms with Gasteiger partial charge in [0.05, 0.1) is 0 Å². The Morgan fingerprint density at radius 1 is 1.12 bits per heavy atom. The van der Waals surface area contributed by atoms with E-state index in [2.05, 4.69) is 43.4 Å². The molecule has 0 aromatic heterocycles. The summed E-state index contributed by atoms with van der Waals surface area (Å²) in [5, 5.41) is 3.70. The molecule has 0 aliphatic heterocycles. The maximum Gasteiger partial charge on any atom is 0.0210 e. The summed E-state index contributed by atoms with van der Waals surface area (Å²) in [4.78, 5) is 0. The molecule has 1 aromatic carbocycles. The maximum atomic E-state index is 3.70. The lowest BCUT2D eigenvalue weighted by atomic mass is 9.87. The van der Waals surface area contributed by atoms with Gasteiger partial charge in [0.1, 0.15) is 0 Å². The standard InChI is InChI=1S/C15H23N/c1-12-7-9-15(10-8-12)16-11-14-6-4-3-5-13(14)2/h3-6,12,15-16H,7-11H2,1-2H3. The Morgan fingerprint density at radius 3 is 2.50 bits per heavy atom. The van der Waals surface area contributed by atoms with Crippen LogP contribution in [0, 0.1) is 12.8 Å². The van der Waals surface area contributed by atoms with Gasteiger partial charge in [-0.25, -0.2) is 0 Å². The van der Waals surface area contributed by atoms with Crippen LogP contribution in [-0.2, 0) is 6.54 Å². The zero-order valence-corrected chi connectivity index (χ0v) is 10.5. The van der Waals surface area contributed by atoms with Crippen molar-refractivity contribution < 1.29 is 0 Å². The van der Waals surface area contributed by atoms with Crippen LogP contribution in [0.1, 0.15) is 43.7 Å². The molecule has 0 amide bonds. The highest BCUT2D eigenvalue weighted by atomic mass is 14.9. The Kier molecular flexibility index (Phi) is 4.00. The minimum Gasteiger partial charge on any atom is -0.310 e. The number of benzene rings is 1. The molecule has 1 aliphatic carbocycles. The molecule has 1 aromatic rings. The van der Waals surface area contributed by atoms with Crippen molar-refractivity contribution in [2.45, 2.75) is 52.1 Å². The molecule has 2 rings (SSSR count). The van der Waals surface area contributed by atoms with Crippen molar-refractivity contribution in [3.63, 3.8) is 0 Å². The fourth-order valence-corrected chi connectivity index (χ4v) is 2.53. The van der Waals surface area contributed by atoms with Crippen LogP contribution in [0.25, 0.3) is 0 Å².